The van der Waals surface area contributed by atoms with Crippen molar-refractivity contribution in [3.8, 4) is 0 Å². The number of halogens is 2. The first kappa shape index (κ1) is 24.5. The highest BCUT2D eigenvalue weighted by molar-refractivity contribution is 6.30. The van der Waals surface area contributed by atoms with Gasteiger partial charge < -0.3 is 19.6 Å². The van der Waals surface area contributed by atoms with Crippen LogP contribution in [0.4, 0.5) is 11.4 Å². The average molecular weight is 523 g/mol. The third-order valence-electron chi connectivity index (χ3n) is 6.87. The van der Waals surface area contributed by atoms with Gasteiger partial charge >= 0.3 is 0 Å². The molecule has 0 saturated carbocycles. The lowest BCUT2D eigenvalue weighted by Crippen LogP contribution is -2.49. The quantitative estimate of drug-likeness (QED) is 0.487. The van der Waals surface area contributed by atoms with E-state index in [0.29, 0.717) is 47.4 Å². The number of amides is 2. The molecule has 36 heavy (non-hydrogen) atoms. The molecule has 0 aromatic heterocycles. The van der Waals surface area contributed by atoms with Gasteiger partial charge in [-0.1, -0.05) is 29.3 Å². The topological polar surface area (TPSA) is 47.1 Å². The maximum absolute atomic E-state index is 13.2. The number of hydrogen-bond donors (Lipinski definition) is 0. The fourth-order valence-electron chi connectivity index (χ4n) is 4.79. The van der Waals surface area contributed by atoms with Crippen molar-refractivity contribution in [2.24, 2.45) is 0 Å². The number of carbonyl (C=O) groups is 2. The van der Waals surface area contributed by atoms with Crippen LogP contribution in [-0.2, 0) is 0 Å². The molecule has 3 aromatic rings. The molecular formula is C28H28Cl2N4O2. The molecule has 0 aliphatic carbocycles. The zero-order valence-corrected chi connectivity index (χ0v) is 21.5. The summed E-state index contributed by atoms with van der Waals surface area (Å²) in [6, 6.07) is 22.7. The van der Waals surface area contributed by atoms with Crippen LogP contribution in [0.2, 0.25) is 10.0 Å². The third-order valence-corrected chi connectivity index (χ3v) is 7.38. The molecule has 0 N–H and O–H groups in total. The minimum atomic E-state index is -0.0343. The fraction of sp³-hybridized carbons (Fsp3) is 0.286. The van der Waals surface area contributed by atoms with Crippen molar-refractivity contribution in [2.75, 3.05) is 62.2 Å². The van der Waals surface area contributed by atoms with Gasteiger partial charge in [0.05, 0.1) is 0 Å². The van der Waals surface area contributed by atoms with Gasteiger partial charge in [-0.25, -0.2) is 0 Å². The predicted molar refractivity (Wildman–Crippen MR) is 146 cm³/mol. The van der Waals surface area contributed by atoms with E-state index in [4.69, 9.17) is 23.2 Å². The number of benzene rings is 3. The molecule has 2 aliphatic heterocycles. The Morgan fingerprint density at radius 3 is 1.25 bits per heavy atom. The van der Waals surface area contributed by atoms with Crippen LogP contribution in [0, 0.1) is 0 Å². The minimum absolute atomic E-state index is 0.0343. The Bertz CT molecular complexity index is 1120. The highest BCUT2D eigenvalue weighted by atomic mass is 35.5. The summed E-state index contributed by atoms with van der Waals surface area (Å²) in [5.41, 5.74) is 3.33. The number of carbonyl (C=O) groups excluding carboxylic acids is 2. The molecule has 3 aromatic carbocycles. The van der Waals surface area contributed by atoms with E-state index in [2.05, 4.69) is 9.80 Å². The molecule has 2 heterocycles. The average Bonchev–Trinajstić information content (AvgIpc) is 2.93. The van der Waals surface area contributed by atoms with Crippen molar-refractivity contribution in [3.63, 3.8) is 0 Å². The molecule has 0 radical (unpaired) electrons. The summed E-state index contributed by atoms with van der Waals surface area (Å²) in [4.78, 5) is 34.7. The van der Waals surface area contributed by atoms with Crippen molar-refractivity contribution >= 4 is 46.4 Å². The number of nitrogens with zero attached hydrogens (tertiary/aromatic N) is 4. The van der Waals surface area contributed by atoms with Gasteiger partial charge in [-0.2, -0.15) is 0 Å². The van der Waals surface area contributed by atoms with Crippen LogP contribution in [0.5, 0.6) is 0 Å². The first-order chi connectivity index (χ1) is 17.5. The Morgan fingerprint density at radius 1 is 0.528 bits per heavy atom. The van der Waals surface area contributed by atoms with Gasteiger partial charge in [-0.15, -0.1) is 0 Å². The van der Waals surface area contributed by atoms with Crippen LogP contribution in [-0.4, -0.2) is 74.0 Å². The van der Waals surface area contributed by atoms with Crippen LogP contribution in [0.3, 0.4) is 0 Å². The third kappa shape index (κ3) is 5.45. The van der Waals surface area contributed by atoms with Crippen molar-refractivity contribution in [2.45, 2.75) is 0 Å². The summed E-state index contributed by atoms with van der Waals surface area (Å²) in [5, 5.41) is 1.43. The van der Waals surface area contributed by atoms with Gasteiger partial charge in [-0.05, 0) is 66.7 Å². The van der Waals surface area contributed by atoms with E-state index in [1.165, 1.54) is 0 Å². The summed E-state index contributed by atoms with van der Waals surface area (Å²) < 4.78 is 0. The van der Waals surface area contributed by atoms with Crippen LogP contribution < -0.4 is 9.80 Å². The predicted octanol–water partition coefficient (Wildman–Crippen LogP) is 4.92. The number of anilines is 2. The molecule has 2 saturated heterocycles. The lowest BCUT2D eigenvalue weighted by molar-refractivity contribution is 0.0745. The zero-order chi connectivity index (χ0) is 25.1. The van der Waals surface area contributed by atoms with E-state index in [-0.39, 0.29) is 11.8 Å². The number of hydrogen-bond acceptors (Lipinski definition) is 4. The second-order valence-corrected chi connectivity index (χ2v) is 9.97. The highest BCUT2D eigenvalue weighted by Gasteiger charge is 2.25. The molecular weight excluding hydrogens is 495 g/mol. The second kappa shape index (κ2) is 10.8. The van der Waals surface area contributed by atoms with Crippen molar-refractivity contribution < 1.29 is 9.59 Å². The van der Waals surface area contributed by atoms with Crippen LogP contribution in [0.25, 0.3) is 0 Å². The van der Waals surface area contributed by atoms with E-state index >= 15 is 0 Å². The van der Waals surface area contributed by atoms with E-state index < -0.39 is 0 Å². The lowest BCUT2D eigenvalue weighted by Gasteiger charge is -2.36. The maximum Gasteiger partial charge on any atom is 0.253 e. The number of piperazine rings is 2. The smallest absolute Gasteiger partial charge is 0.253 e. The van der Waals surface area contributed by atoms with E-state index in [1.807, 2.05) is 58.3 Å². The molecule has 2 aliphatic rings. The standard InChI is InChI=1S/C28H28Cl2N4O2/c29-23-4-8-25(9-5-23)31-12-16-33(17-13-31)27(35)21-2-1-3-22(20-21)28(36)34-18-14-32(15-19-34)26-10-6-24(30)7-11-26/h1-11,20H,12-19H2. The van der Waals surface area contributed by atoms with Gasteiger partial charge in [0.15, 0.2) is 0 Å². The normalized spacial score (nSPS) is 16.3. The molecule has 6 nitrogen and oxygen atoms in total. The second-order valence-electron chi connectivity index (χ2n) is 9.09. The summed E-state index contributed by atoms with van der Waals surface area (Å²) in [5.74, 6) is -0.0686. The first-order valence-corrected chi connectivity index (χ1v) is 12.9. The molecule has 186 valence electrons. The molecule has 0 spiro atoms. The Morgan fingerprint density at radius 2 is 0.889 bits per heavy atom. The monoisotopic (exact) mass is 522 g/mol. The Hall–Kier alpha value is -3.22. The largest absolute Gasteiger partial charge is 0.368 e. The van der Waals surface area contributed by atoms with Gasteiger partial charge in [0, 0.05) is 84.9 Å². The molecule has 0 bridgehead atoms. The molecule has 0 unspecified atom stereocenters. The SMILES string of the molecule is O=C(c1cccc(C(=O)N2CCN(c3ccc(Cl)cc3)CC2)c1)N1CCN(c2ccc(Cl)cc2)CC1. The molecule has 8 heteroatoms. The van der Waals surface area contributed by atoms with Gasteiger partial charge in [0.25, 0.3) is 11.8 Å². The molecule has 5 rings (SSSR count). The van der Waals surface area contributed by atoms with Gasteiger partial charge in [0.1, 0.15) is 0 Å². The summed E-state index contributed by atoms with van der Waals surface area (Å²) in [6.07, 6.45) is 0. The van der Waals surface area contributed by atoms with Crippen LogP contribution in [0.1, 0.15) is 20.7 Å². The molecule has 0 atom stereocenters. The first-order valence-electron chi connectivity index (χ1n) is 12.2. The van der Waals surface area contributed by atoms with Crippen molar-refractivity contribution in [1.82, 2.24) is 9.80 Å². The van der Waals surface area contributed by atoms with Gasteiger partial charge in [-0.3, -0.25) is 9.59 Å². The summed E-state index contributed by atoms with van der Waals surface area (Å²) >= 11 is 12.0. The summed E-state index contributed by atoms with van der Waals surface area (Å²) in [7, 11) is 0. The zero-order valence-electron chi connectivity index (χ0n) is 19.9. The van der Waals surface area contributed by atoms with Gasteiger partial charge in [0.2, 0.25) is 0 Å². The Balaban J connectivity index is 1.18. The Kier molecular flexibility index (Phi) is 7.35. The van der Waals surface area contributed by atoms with E-state index in [0.717, 1.165) is 37.6 Å². The lowest BCUT2D eigenvalue weighted by atomic mass is 10.1. The fourth-order valence-corrected chi connectivity index (χ4v) is 5.04. The molecule has 2 fully saturated rings. The number of rotatable bonds is 4. The van der Waals surface area contributed by atoms with E-state index in [9.17, 15) is 9.59 Å². The van der Waals surface area contributed by atoms with Crippen molar-refractivity contribution in [1.29, 1.82) is 0 Å². The highest BCUT2D eigenvalue weighted by Crippen LogP contribution is 2.22. The maximum atomic E-state index is 13.2. The Labute approximate surface area is 221 Å². The van der Waals surface area contributed by atoms with Crippen LogP contribution >= 0.6 is 23.2 Å². The van der Waals surface area contributed by atoms with Crippen molar-refractivity contribution in [3.05, 3.63) is 94.0 Å². The minimum Gasteiger partial charge on any atom is -0.368 e. The summed E-state index contributed by atoms with van der Waals surface area (Å²) in [6.45, 7) is 5.54. The van der Waals surface area contributed by atoms with Crippen LogP contribution in [0.15, 0.2) is 72.8 Å². The van der Waals surface area contributed by atoms with E-state index in [1.54, 1.807) is 24.3 Å². The molecule has 2 amide bonds.